The molecule has 3 heteroatoms. The highest BCUT2D eigenvalue weighted by Crippen LogP contribution is 2.53. The zero-order valence-electron chi connectivity index (χ0n) is 28.9. The molecule has 0 fully saturated rings. The summed E-state index contributed by atoms with van der Waals surface area (Å²) in [4.78, 5) is 2.46. The number of rotatable bonds is 4. The molecule has 2 heterocycles. The lowest BCUT2D eigenvalue weighted by Gasteiger charge is -2.30. The first-order valence-electron chi connectivity index (χ1n) is 17.9. The van der Waals surface area contributed by atoms with Crippen molar-refractivity contribution in [3.63, 3.8) is 0 Å². The number of hydrogen-bond donors (Lipinski definition) is 0. The van der Waals surface area contributed by atoms with Crippen LogP contribution in [0, 0.1) is 0 Å². The van der Waals surface area contributed by atoms with Crippen LogP contribution in [0.2, 0.25) is 0 Å². The van der Waals surface area contributed by atoms with Crippen LogP contribution in [0.15, 0.2) is 168 Å². The molecule has 0 saturated heterocycles. The molecule has 0 bridgehead atoms. The fourth-order valence-electron chi connectivity index (χ4n) is 8.74. The Kier molecular flexibility index (Phi) is 6.21. The quantitative estimate of drug-likeness (QED) is 0.184. The van der Waals surface area contributed by atoms with Gasteiger partial charge >= 0.3 is 0 Å². The van der Waals surface area contributed by atoms with Crippen LogP contribution >= 0.6 is 11.3 Å². The van der Waals surface area contributed by atoms with Gasteiger partial charge in [-0.05, 0) is 93.2 Å². The normalized spacial score (nSPS) is 13.3. The number of furan rings is 1. The smallest absolute Gasteiger partial charge is 0.137 e. The second-order valence-electron chi connectivity index (χ2n) is 14.5. The van der Waals surface area contributed by atoms with Gasteiger partial charge in [0, 0.05) is 59.4 Å². The van der Waals surface area contributed by atoms with Gasteiger partial charge in [0.15, 0.2) is 0 Å². The van der Waals surface area contributed by atoms with Gasteiger partial charge in [-0.2, -0.15) is 0 Å². The standard InChI is InChI=1S/C49H33NOS/c1-49(2)40-16-8-5-13-35(40)36-23-21-33(28-41(36)49)50(34-22-24-38-37-14-6-9-17-43(37)51-44(38)29-34)42-25-26-46-48(39-15-7-10-18-45(39)52-46)47(42)32-20-19-30-11-3-4-12-31(30)27-32/h3-29H,1-2H3. The van der Waals surface area contributed by atoms with Crippen molar-refractivity contribution in [1.29, 1.82) is 0 Å². The van der Waals surface area contributed by atoms with E-state index in [9.17, 15) is 0 Å². The minimum Gasteiger partial charge on any atom is -0.456 e. The van der Waals surface area contributed by atoms with Crippen molar-refractivity contribution in [2.75, 3.05) is 4.90 Å². The van der Waals surface area contributed by atoms with E-state index >= 15 is 0 Å². The highest BCUT2D eigenvalue weighted by Gasteiger charge is 2.36. The third-order valence-electron chi connectivity index (χ3n) is 11.2. The largest absolute Gasteiger partial charge is 0.456 e. The van der Waals surface area contributed by atoms with Gasteiger partial charge < -0.3 is 9.32 Å². The first kappa shape index (κ1) is 29.6. The van der Waals surface area contributed by atoms with E-state index in [0.29, 0.717) is 0 Å². The molecule has 0 radical (unpaired) electrons. The van der Waals surface area contributed by atoms with Gasteiger partial charge in [-0.1, -0.05) is 117 Å². The van der Waals surface area contributed by atoms with Gasteiger partial charge in [0.05, 0.1) is 5.69 Å². The summed E-state index contributed by atoms with van der Waals surface area (Å²) in [6.45, 7) is 4.71. The Morgan fingerprint density at radius 1 is 0.500 bits per heavy atom. The third-order valence-corrected chi connectivity index (χ3v) is 12.4. The molecule has 0 aliphatic heterocycles. The number of nitrogens with zero attached hydrogens (tertiary/aromatic N) is 1. The number of hydrogen-bond acceptors (Lipinski definition) is 3. The Bertz CT molecular complexity index is 3070. The van der Waals surface area contributed by atoms with Gasteiger partial charge in [0.25, 0.3) is 0 Å². The number of fused-ring (bicyclic) bond motifs is 10. The lowest BCUT2D eigenvalue weighted by atomic mass is 9.82. The number of para-hydroxylation sites is 1. The fraction of sp³-hybridized carbons (Fsp3) is 0.0612. The maximum atomic E-state index is 6.52. The molecule has 10 aromatic rings. The van der Waals surface area contributed by atoms with Crippen LogP contribution in [0.1, 0.15) is 25.0 Å². The van der Waals surface area contributed by atoms with Crippen molar-refractivity contribution >= 4 is 81.3 Å². The zero-order valence-corrected chi connectivity index (χ0v) is 29.7. The summed E-state index contributed by atoms with van der Waals surface area (Å²) < 4.78 is 9.10. The average Bonchev–Trinajstić information content (AvgIpc) is 3.82. The van der Waals surface area contributed by atoms with Crippen LogP contribution in [0.5, 0.6) is 0 Å². The van der Waals surface area contributed by atoms with E-state index in [4.69, 9.17) is 4.42 Å². The maximum Gasteiger partial charge on any atom is 0.137 e. The van der Waals surface area contributed by atoms with Crippen molar-refractivity contribution in [2.24, 2.45) is 0 Å². The van der Waals surface area contributed by atoms with Gasteiger partial charge in [-0.15, -0.1) is 11.3 Å². The zero-order chi connectivity index (χ0) is 34.6. The number of benzene rings is 8. The molecule has 1 aliphatic carbocycles. The lowest BCUT2D eigenvalue weighted by Crippen LogP contribution is -2.17. The fourth-order valence-corrected chi connectivity index (χ4v) is 9.86. The summed E-state index contributed by atoms with van der Waals surface area (Å²) in [5, 5.41) is 7.30. The number of anilines is 3. The molecule has 0 amide bonds. The Morgan fingerprint density at radius 2 is 1.21 bits per heavy atom. The lowest BCUT2D eigenvalue weighted by molar-refractivity contribution is 0.660. The summed E-state index contributed by atoms with van der Waals surface area (Å²) in [6.07, 6.45) is 0. The van der Waals surface area contributed by atoms with Crippen LogP contribution in [0.3, 0.4) is 0 Å². The molecule has 0 atom stereocenters. The SMILES string of the molecule is CC1(C)c2ccccc2-c2ccc(N(c3ccc4c(c3)oc3ccccc34)c3ccc4sc5ccccc5c4c3-c3ccc4ccccc4c3)cc21. The molecule has 0 spiro atoms. The van der Waals surface area contributed by atoms with Gasteiger partial charge in [-0.3, -0.25) is 0 Å². The van der Waals surface area contributed by atoms with E-state index in [1.807, 2.05) is 17.4 Å². The topological polar surface area (TPSA) is 16.4 Å². The second-order valence-corrected chi connectivity index (χ2v) is 15.6. The van der Waals surface area contributed by atoms with Gasteiger partial charge in [0.2, 0.25) is 0 Å². The minimum absolute atomic E-state index is 0.134. The Hall–Kier alpha value is -6.16. The Labute approximate surface area is 305 Å². The Balaban J connectivity index is 1.23. The van der Waals surface area contributed by atoms with Crippen molar-refractivity contribution in [1.82, 2.24) is 0 Å². The van der Waals surface area contributed by atoms with Crippen LogP contribution in [0.4, 0.5) is 17.1 Å². The first-order valence-corrected chi connectivity index (χ1v) is 18.7. The van der Waals surface area contributed by atoms with Gasteiger partial charge in [0.1, 0.15) is 11.2 Å². The van der Waals surface area contributed by atoms with Crippen LogP contribution < -0.4 is 4.90 Å². The highest BCUT2D eigenvalue weighted by molar-refractivity contribution is 7.26. The Morgan fingerprint density at radius 3 is 2.13 bits per heavy atom. The first-order chi connectivity index (χ1) is 25.5. The van der Waals surface area contributed by atoms with E-state index in [1.165, 1.54) is 64.3 Å². The van der Waals surface area contributed by atoms with E-state index in [2.05, 4.69) is 176 Å². The molecular formula is C49H33NOS. The van der Waals surface area contributed by atoms with E-state index in [1.54, 1.807) is 0 Å². The molecule has 2 aromatic heterocycles. The minimum atomic E-state index is -0.134. The van der Waals surface area contributed by atoms with E-state index in [0.717, 1.165) is 39.0 Å². The molecule has 0 saturated carbocycles. The third kappa shape index (κ3) is 4.23. The summed E-state index contributed by atoms with van der Waals surface area (Å²) in [5.41, 5.74) is 12.7. The van der Waals surface area contributed by atoms with Crippen molar-refractivity contribution in [2.45, 2.75) is 19.3 Å². The predicted octanol–water partition coefficient (Wildman–Crippen LogP) is 14.6. The summed E-state index contributed by atoms with van der Waals surface area (Å²) in [6, 6.07) is 60.1. The monoisotopic (exact) mass is 683 g/mol. The molecule has 8 aromatic carbocycles. The maximum absolute atomic E-state index is 6.52. The van der Waals surface area contributed by atoms with Crippen LogP contribution in [-0.4, -0.2) is 0 Å². The summed E-state index contributed by atoms with van der Waals surface area (Å²) in [7, 11) is 0. The molecule has 11 rings (SSSR count). The second kappa shape index (κ2) is 10.9. The molecule has 246 valence electrons. The molecule has 52 heavy (non-hydrogen) atoms. The highest BCUT2D eigenvalue weighted by atomic mass is 32.1. The van der Waals surface area contributed by atoms with E-state index < -0.39 is 0 Å². The summed E-state index contributed by atoms with van der Waals surface area (Å²) in [5.74, 6) is 0. The summed E-state index contributed by atoms with van der Waals surface area (Å²) >= 11 is 1.87. The molecule has 0 N–H and O–H groups in total. The van der Waals surface area contributed by atoms with Crippen LogP contribution in [-0.2, 0) is 5.41 Å². The van der Waals surface area contributed by atoms with Crippen LogP contribution in [0.25, 0.3) is 75.1 Å². The average molecular weight is 684 g/mol. The molecule has 2 nitrogen and oxygen atoms in total. The van der Waals surface area contributed by atoms with Crippen molar-refractivity contribution < 1.29 is 4.42 Å². The van der Waals surface area contributed by atoms with E-state index in [-0.39, 0.29) is 5.41 Å². The van der Waals surface area contributed by atoms with Crippen molar-refractivity contribution in [3.8, 4) is 22.3 Å². The number of thiophene rings is 1. The van der Waals surface area contributed by atoms with Crippen molar-refractivity contribution in [3.05, 3.63) is 175 Å². The molecule has 0 unspecified atom stereocenters. The predicted molar refractivity (Wildman–Crippen MR) is 222 cm³/mol. The molecular weight excluding hydrogens is 651 g/mol. The molecule has 1 aliphatic rings. The van der Waals surface area contributed by atoms with Gasteiger partial charge in [-0.25, -0.2) is 0 Å².